The maximum atomic E-state index is 11.7. The number of halogens is 1. The number of nitrogens with one attached hydrogen (secondary N) is 1. The molecule has 1 unspecified atom stereocenters. The Kier molecular flexibility index (Phi) is 9.59. The van der Waals surface area contributed by atoms with Gasteiger partial charge < -0.3 is 11.1 Å². The fraction of sp³-hybridized carbons (Fsp3) is 0.909. The number of thioether (sulfide) groups is 2. The topological polar surface area (TPSA) is 55.1 Å². The van der Waals surface area contributed by atoms with E-state index in [0.29, 0.717) is 11.2 Å². The predicted octanol–water partition coefficient (Wildman–Crippen LogP) is 1.75. The molecule has 3 nitrogen and oxygen atoms in total. The van der Waals surface area contributed by atoms with Crippen LogP contribution in [-0.2, 0) is 4.79 Å². The highest BCUT2D eigenvalue weighted by Gasteiger charge is 2.18. The van der Waals surface area contributed by atoms with Gasteiger partial charge in [0.2, 0.25) is 5.91 Å². The van der Waals surface area contributed by atoms with Crippen LogP contribution >= 0.6 is 35.9 Å². The van der Waals surface area contributed by atoms with Gasteiger partial charge in [-0.2, -0.15) is 23.5 Å². The summed E-state index contributed by atoms with van der Waals surface area (Å²) in [5.74, 6) is 4.06. The normalized spacial score (nSPS) is 21.8. The summed E-state index contributed by atoms with van der Waals surface area (Å²) in [6.45, 7) is 4.93. The first kappa shape index (κ1) is 17.4. The lowest BCUT2D eigenvalue weighted by atomic mass is 10.0. The van der Waals surface area contributed by atoms with Crippen molar-refractivity contribution in [3.63, 3.8) is 0 Å². The van der Waals surface area contributed by atoms with Crippen molar-refractivity contribution in [2.75, 3.05) is 23.8 Å². The van der Waals surface area contributed by atoms with Gasteiger partial charge >= 0.3 is 0 Å². The second-order valence-electron chi connectivity index (χ2n) is 4.55. The molecule has 0 aliphatic carbocycles. The highest BCUT2D eigenvalue weighted by Crippen LogP contribution is 2.23. The second kappa shape index (κ2) is 9.36. The molecular formula is C11H23ClN2OS2. The molecule has 1 aliphatic heterocycles. The summed E-state index contributed by atoms with van der Waals surface area (Å²) < 4.78 is 0. The van der Waals surface area contributed by atoms with Gasteiger partial charge in [0.05, 0.1) is 6.04 Å². The van der Waals surface area contributed by atoms with Gasteiger partial charge in [-0.3, -0.25) is 4.79 Å². The van der Waals surface area contributed by atoms with Gasteiger partial charge in [0.1, 0.15) is 0 Å². The number of amides is 1. The van der Waals surface area contributed by atoms with Gasteiger partial charge in [-0.15, -0.1) is 12.4 Å². The van der Waals surface area contributed by atoms with Crippen molar-refractivity contribution in [1.82, 2.24) is 5.32 Å². The van der Waals surface area contributed by atoms with E-state index in [-0.39, 0.29) is 24.4 Å². The third-order valence-corrected chi connectivity index (χ3v) is 5.30. The Hall–Kier alpha value is 0.420. The Morgan fingerprint density at radius 3 is 2.71 bits per heavy atom. The van der Waals surface area contributed by atoms with Crippen LogP contribution < -0.4 is 11.1 Å². The number of hydrogen-bond donors (Lipinski definition) is 2. The highest BCUT2D eigenvalue weighted by molar-refractivity contribution is 8.06. The first-order valence-electron chi connectivity index (χ1n) is 5.82. The zero-order valence-electron chi connectivity index (χ0n) is 10.5. The Bertz CT molecular complexity index is 224. The third kappa shape index (κ3) is 7.44. The minimum absolute atomic E-state index is 0. The van der Waals surface area contributed by atoms with Crippen molar-refractivity contribution in [1.29, 1.82) is 0 Å². The van der Waals surface area contributed by atoms with Crippen LogP contribution in [0.1, 0.15) is 20.3 Å². The molecule has 1 fully saturated rings. The predicted molar refractivity (Wildman–Crippen MR) is 81.3 cm³/mol. The van der Waals surface area contributed by atoms with Crippen LogP contribution in [0.3, 0.4) is 0 Å². The first-order chi connectivity index (χ1) is 7.59. The minimum Gasteiger partial charge on any atom is -0.354 e. The highest BCUT2D eigenvalue weighted by atomic mass is 35.5. The largest absolute Gasteiger partial charge is 0.354 e. The maximum absolute atomic E-state index is 11.7. The number of rotatable bonds is 5. The molecule has 1 aliphatic rings. The lowest BCUT2D eigenvalue weighted by Gasteiger charge is -2.22. The quantitative estimate of drug-likeness (QED) is 0.812. The number of carbonyl (C=O) groups excluding carboxylic acids is 1. The monoisotopic (exact) mass is 298 g/mol. The van der Waals surface area contributed by atoms with E-state index in [1.165, 1.54) is 11.5 Å². The van der Waals surface area contributed by atoms with Crippen molar-refractivity contribution in [3.05, 3.63) is 0 Å². The van der Waals surface area contributed by atoms with Crippen molar-refractivity contribution >= 4 is 41.8 Å². The van der Waals surface area contributed by atoms with Gasteiger partial charge in [-0.05, 0) is 12.3 Å². The fourth-order valence-corrected chi connectivity index (χ4v) is 4.23. The molecule has 1 rings (SSSR count). The second-order valence-corrected chi connectivity index (χ2v) is 7.11. The first-order valence-corrected chi connectivity index (χ1v) is 8.02. The summed E-state index contributed by atoms with van der Waals surface area (Å²) in [6.07, 6.45) is 0.762. The van der Waals surface area contributed by atoms with E-state index >= 15 is 0 Å². The molecule has 0 radical (unpaired) electrons. The fourth-order valence-electron chi connectivity index (χ4n) is 1.61. The summed E-state index contributed by atoms with van der Waals surface area (Å²) in [4.78, 5) is 11.7. The third-order valence-electron chi connectivity index (χ3n) is 2.45. The number of nitrogens with two attached hydrogens (primary N) is 1. The number of hydrogen-bond acceptors (Lipinski definition) is 4. The molecule has 0 bridgehead atoms. The molecule has 102 valence electrons. The molecule has 2 atom stereocenters. The lowest BCUT2D eigenvalue weighted by Crippen LogP contribution is -2.44. The van der Waals surface area contributed by atoms with Crippen molar-refractivity contribution in [2.24, 2.45) is 11.7 Å². The molecule has 1 amide bonds. The van der Waals surface area contributed by atoms with Crippen LogP contribution in [0.5, 0.6) is 0 Å². The molecule has 0 spiro atoms. The number of carbonyl (C=O) groups is 1. The maximum Gasteiger partial charge on any atom is 0.236 e. The van der Waals surface area contributed by atoms with Crippen LogP contribution in [-0.4, -0.2) is 41.0 Å². The molecule has 1 heterocycles. The van der Waals surface area contributed by atoms with Crippen molar-refractivity contribution in [3.8, 4) is 0 Å². The van der Waals surface area contributed by atoms with E-state index in [0.717, 1.165) is 18.7 Å². The zero-order chi connectivity index (χ0) is 12.0. The minimum atomic E-state index is -0.346. The van der Waals surface area contributed by atoms with Crippen LogP contribution in [0, 0.1) is 5.92 Å². The average Bonchev–Trinajstić information content (AvgIpc) is 2.26. The van der Waals surface area contributed by atoms with Crippen LogP contribution in [0.2, 0.25) is 0 Å². The SMILES string of the molecule is CC(C)C[C@H](N)C(=O)NCC1CSCCS1.Cl. The molecule has 1 saturated heterocycles. The van der Waals surface area contributed by atoms with Crippen LogP contribution in [0.15, 0.2) is 0 Å². The molecule has 0 aromatic carbocycles. The summed E-state index contributed by atoms with van der Waals surface area (Å²) >= 11 is 3.92. The zero-order valence-corrected chi connectivity index (χ0v) is 12.9. The molecule has 3 N–H and O–H groups in total. The summed E-state index contributed by atoms with van der Waals surface area (Å²) in [5, 5.41) is 3.52. The Morgan fingerprint density at radius 1 is 1.47 bits per heavy atom. The van der Waals surface area contributed by atoms with E-state index in [1.54, 1.807) is 0 Å². The van der Waals surface area contributed by atoms with Crippen molar-refractivity contribution in [2.45, 2.75) is 31.6 Å². The van der Waals surface area contributed by atoms with Crippen molar-refractivity contribution < 1.29 is 4.79 Å². The van der Waals surface area contributed by atoms with Gasteiger partial charge in [-0.1, -0.05) is 13.8 Å². The Labute approximate surface area is 119 Å². The molecule has 6 heteroatoms. The van der Waals surface area contributed by atoms with Gasteiger partial charge in [0.15, 0.2) is 0 Å². The smallest absolute Gasteiger partial charge is 0.236 e. The summed E-state index contributed by atoms with van der Waals surface area (Å²) in [6, 6.07) is -0.346. The summed E-state index contributed by atoms with van der Waals surface area (Å²) in [5.41, 5.74) is 5.81. The molecule has 0 saturated carbocycles. The van der Waals surface area contributed by atoms with Crippen LogP contribution in [0.25, 0.3) is 0 Å². The molecule has 0 aromatic heterocycles. The molecular weight excluding hydrogens is 276 g/mol. The van der Waals surface area contributed by atoms with Gasteiger partial charge in [0.25, 0.3) is 0 Å². The standard InChI is InChI=1S/C11H22N2OS2.ClH/c1-8(2)5-10(12)11(14)13-6-9-7-15-3-4-16-9;/h8-10H,3-7,12H2,1-2H3,(H,13,14);1H/t9?,10-;/m0./s1. The van der Waals surface area contributed by atoms with E-state index in [2.05, 4.69) is 19.2 Å². The summed E-state index contributed by atoms with van der Waals surface area (Å²) in [7, 11) is 0. The molecule has 0 aromatic rings. The van der Waals surface area contributed by atoms with E-state index in [9.17, 15) is 4.79 Å². The van der Waals surface area contributed by atoms with Gasteiger partial charge in [-0.25, -0.2) is 0 Å². The lowest BCUT2D eigenvalue weighted by molar-refractivity contribution is -0.122. The van der Waals surface area contributed by atoms with E-state index in [4.69, 9.17) is 5.73 Å². The average molecular weight is 299 g/mol. The van der Waals surface area contributed by atoms with E-state index in [1.807, 2.05) is 23.5 Å². The Morgan fingerprint density at radius 2 is 2.18 bits per heavy atom. The van der Waals surface area contributed by atoms with Crippen LogP contribution in [0.4, 0.5) is 0 Å². The van der Waals surface area contributed by atoms with E-state index < -0.39 is 0 Å². The molecule has 17 heavy (non-hydrogen) atoms. The Balaban J connectivity index is 0.00000256. The van der Waals surface area contributed by atoms with Gasteiger partial charge in [0, 0.05) is 29.1 Å².